The second-order valence-corrected chi connectivity index (χ2v) is 10.4. The summed E-state index contributed by atoms with van der Waals surface area (Å²) in [6, 6.07) is 3.85. The first-order valence-corrected chi connectivity index (χ1v) is 14.3. The SMILES string of the molecule is CNC(=O)CCC(C=O)N1C(=O)c2cccc(NCCOCCOCCOCCOCCNC(=O)OC(C)(C)C)c2C1=O. The minimum absolute atomic E-state index is 0.0134. The minimum Gasteiger partial charge on any atom is -0.444 e. The van der Waals surface area contributed by atoms with Crippen molar-refractivity contribution in [2.45, 2.75) is 45.3 Å². The van der Waals surface area contributed by atoms with Gasteiger partial charge in [0.2, 0.25) is 5.91 Å². The molecule has 0 fully saturated rings. The molecule has 3 N–H and O–H groups in total. The van der Waals surface area contributed by atoms with E-state index in [4.69, 9.17) is 23.7 Å². The van der Waals surface area contributed by atoms with Crippen LogP contribution in [0.15, 0.2) is 18.2 Å². The smallest absolute Gasteiger partial charge is 0.407 e. The molecule has 1 aromatic carbocycles. The number of hydrogen-bond donors (Lipinski definition) is 3. The fourth-order valence-corrected chi connectivity index (χ4v) is 3.97. The molecule has 240 valence electrons. The Hall–Kier alpha value is -3.59. The Morgan fingerprint density at radius 2 is 1.47 bits per heavy atom. The van der Waals surface area contributed by atoms with Gasteiger partial charge in [0, 0.05) is 32.2 Å². The van der Waals surface area contributed by atoms with Crippen molar-refractivity contribution in [3.8, 4) is 0 Å². The lowest BCUT2D eigenvalue weighted by Crippen LogP contribution is -2.41. The number of amides is 4. The summed E-state index contributed by atoms with van der Waals surface area (Å²) in [4.78, 5) is 61.6. The maximum Gasteiger partial charge on any atom is 0.407 e. The molecule has 14 heteroatoms. The van der Waals surface area contributed by atoms with Gasteiger partial charge in [0.25, 0.3) is 11.8 Å². The molecule has 2 rings (SSSR count). The molecule has 1 heterocycles. The number of hydrogen-bond acceptors (Lipinski definition) is 11. The van der Waals surface area contributed by atoms with E-state index < -0.39 is 29.6 Å². The Kier molecular flexibility index (Phi) is 15.6. The van der Waals surface area contributed by atoms with Crippen LogP contribution in [0.5, 0.6) is 0 Å². The van der Waals surface area contributed by atoms with E-state index >= 15 is 0 Å². The van der Waals surface area contributed by atoms with E-state index in [0.29, 0.717) is 77.9 Å². The van der Waals surface area contributed by atoms with Gasteiger partial charge >= 0.3 is 6.09 Å². The molecule has 0 radical (unpaired) electrons. The van der Waals surface area contributed by atoms with Gasteiger partial charge in [0.15, 0.2) is 0 Å². The quantitative estimate of drug-likeness (QED) is 0.105. The van der Waals surface area contributed by atoms with Crippen LogP contribution in [-0.4, -0.2) is 120 Å². The highest BCUT2D eigenvalue weighted by Gasteiger charge is 2.41. The summed E-state index contributed by atoms with van der Waals surface area (Å²) in [5.74, 6) is -1.42. The molecular formula is C29H44N4O10. The van der Waals surface area contributed by atoms with Crippen LogP contribution in [0.25, 0.3) is 0 Å². The number of carbonyl (C=O) groups excluding carboxylic acids is 5. The largest absolute Gasteiger partial charge is 0.444 e. The van der Waals surface area contributed by atoms with Gasteiger partial charge in [0.1, 0.15) is 11.9 Å². The Labute approximate surface area is 252 Å². The van der Waals surface area contributed by atoms with Crippen molar-refractivity contribution >= 4 is 35.8 Å². The average Bonchev–Trinajstić information content (AvgIpc) is 3.22. The molecule has 1 aliphatic heterocycles. The third-order valence-electron chi connectivity index (χ3n) is 5.97. The summed E-state index contributed by atoms with van der Waals surface area (Å²) >= 11 is 0. The van der Waals surface area contributed by atoms with Crippen LogP contribution in [0.2, 0.25) is 0 Å². The average molecular weight is 609 g/mol. The number of rotatable bonds is 21. The fraction of sp³-hybridized carbons (Fsp3) is 0.621. The first kappa shape index (κ1) is 35.6. The normalized spacial score (nSPS) is 13.4. The highest BCUT2D eigenvalue weighted by Crippen LogP contribution is 2.31. The first-order valence-electron chi connectivity index (χ1n) is 14.3. The Morgan fingerprint density at radius 3 is 2.02 bits per heavy atom. The molecule has 43 heavy (non-hydrogen) atoms. The standard InChI is InChI=1S/C29H44N4O10/c1-29(2,3)43-28(38)32-11-13-40-15-17-42-19-18-41-16-14-39-12-10-31-23-7-5-6-22-25(23)27(37)33(26(22)36)21(20-34)8-9-24(35)30-4/h5-7,20-21,31H,8-19H2,1-4H3,(H,30,35)(H,32,38). The van der Waals surface area contributed by atoms with Crippen LogP contribution in [-0.2, 0) is 33.3 Å². The minimum atomic E-state index is -1.03. The number of aldehydes is 1. The fourth-order valence-electron chi connectivity index (χ4n) is 3.97. The lowest BCUT2D eigenvalue weighted by atomic mass is 10.1. The molecule has 14 nitrogen and oxygen atoms in total. The molecule has 1 aromatic rings. The maximum absolute atomic E-state index is 13.1. The Balaban J connectivity index is 1.54. The molecule has 0 saturated carbocycles. The zero-order chi connectivity index (χ0) is 31.7. The van der Waals surface area contributed by atoms with Crippen LogP contribution in [0.4, 0.5) is 10.5 Å². The van der Waals surface area contributed by atoms with Gasteiger partial charge in [-0.25, -0.2) is 4.79 Å². The van der Waals surface area contributed by atoms with Crippen LogP contribution in [0.1, 0.15) is 54.3 Å². The first-order chi connectivity index (χ1) is 20.6. The summed E-state index contributed by atoms with van der Waals surface area (Å²) in [7, 11) is 1.48. The number of benzene rings is 1. The highest BCUT2D eigenvalue weighted by atomic mass is 16.6. The third-order valence-corrected chi connectivity index (χ3v) is 5.97. The molecular weight excluding hydrogens is 564 g/mol. The van der Waals surface area contributed by atoms with Crippen molar-refractivity contribution in [3.63, 3.8) is 0 Å². The van der Waals surface area contributed by atoms with Gasteiger partial charge < -0.3 is 44.4 Å². The molecule has 1 unspecified atom stereocenters. The zero-order valence-corrected chi connectivity index (χ0v) is 25.4. The Bertz CT molecular complexity index is 1080. The Morgan fingerprint density at radius 1 is 0.884 bits per heavy atom. The second-order valence-electron chi connectivity index (χ2n) is 10.4. The molecule has 4 amide bonds. The van der Waals surface area contributed by atoms with Gasteiger partial charge in [-0.05, 0) is 39.3 Å². The summed E-state index contributed by atoms with van der Waals surface area (Å²) < 4.78 is 27.0. The predicted molar refractivity (Wildman–Crippen MR) is 156 cm³/mol. The van der Waals surface area contributed by atoms with E-state index in [-0.39, 0.29) is 29.9 Å². The lowest BCUT2D eigenvalue weighted by Gasteiger charge is -2.21. The van der Waals surface area contributed by atoms with Crippen molar-refractivity contribution in [1.82, 2.24) is 15.5 Å². The lowest BCUT2D eigenvalue weighted by molar-refractivity contribution is -0.121. The topological polar surface area (TPSA) is 171 Å². The number of fused-ring (bicyclic) bond motifs is 1. The van der Waals surface area contributed by atoms with Crippen molar-refractivity contribution in [2.24, 2.45) is 0 Å². The molecule has 0 aliphatic carbocycles. The monoisotopic (exact) mass is 608 g/mol. The van der Waals surface area contributed by atoms with Gasteiger partial charge in [0.05, 0.1) is 70.0 Å². The number of imide groups is 1. The summed E-state index contributed by atoms with van der Waals surface area (Å²) in [5.41, 5.74) is 0.338. The van der Waals surface area contributed by atoms with Crippen molar-refractivity contribution in [2.75, 3.05) is 78.3 Å². The number of nitrogens with one attached hydrogen (secondary N) is 3. The summed E-state index contributed by atoms with van der Waals surface area (Å²) in [5, 5.41) is 8.18. The summed E-state index contributed by atoms with van der Waals surface area (Å²) in [6.07, 6.45) is 0.0993. The molecule has 1 aliphatic rings. The molecule has 0 aromatic heterocycles. The van der Waals surface area contributed by atoms with Gasteiger partial charge in [-0.1, -0.05) is 6.07 Å². The second kappa shape index (κ2) is 18.8. The molecule has 0 bridgehead atoms. The van der Waals surface area contributed by atoms with Crippen molar-refractivity contribution in [3.05, 3.63) is 29.3 Å². The van der Waals surface area contributed by atoms with E-state index in [1.54, 1.807) is 39.0 Å². The van der Waals surface area contributed by atoms with Crippen LogP contribution in [0, 0.1) is 0 Å². The number of carbonyl (C=O) groups is 5. The number of alkyl carbamates (subject to hydrolysis) is 1. The van der Waals surface area contributed by atoms with Crippen LogP contribution >= 0.6 is 0 Å². The molecule has 1 atom stereocenters. The van der Waals surface area contributed by atoms with Crippen LogP contribution in [0.3, 0.4) is 0 Å². The van der Waals surface area contributed by atoms with Crippen molar-refractivity contribution < 1.29 is 47.7 Å². The van der Waals surface area contributed by atoms with Crippen LogP contribution < -0.4 is 16.0 Å². The number of nitrogens with zero attached hydrogens (tertiary/aromatic N) is 1. The van der Waals surface area contributed by atoms with Gasteiger partial charge in [-0.15, -0.1) is 0 Å². The van der Waals surface area contributed by atoms with E-state index in [1.807, 2.05) is 0 Å². The highest BCUT2D eigenvalue weighted by molar-refractivity contribution is 6.24. The van der Waals surface area contributed by atoms with E-state index in [0.717, 1.165) is 4.90 Å². The number of anilines is 1. The summed E-state index contributed by atoms with van der Waals surface area (Å²) in [6.45, 7) is 9.13. The number of ether oxygens (including phenoxy) is 5. The van der Waals surface area contributed by atoms with E-state index in [1.165, 1.54) is 7.05 Å². The van der Waals surface area contributed by atoms with Gasteiger partial charge in [-0.3, -0.25) is 19.3 Å². The molecule has 0 saturated heterocycles. The molecule has 0 spiro atoms. The predicted octanol–water partition coefficient (Wildman–Crippen LogP) is 1.38. The van der Waals surface area contributed by atoms with E-state index in [9.17, 15) is 24.0 Å². The zero-order valence-electron chi connectivity index (χ0n) is 25.4. The maximum atomic E-state index is 13.1. The van der Waals surface area contributed by atoms with Crippen molar-refractivity contribution in [1.29, 1.82) is 0 Å². The van der Waals surface area contributed by atoms with E-state index in [2.05, 4.69) is 16.0 Å². The third kappa shape index (κ3) is 12.7. The van der Waals surface area contributed by atoms with Gasteiger partial charge in [-0.2, -0.15) is 0 Å².